The van der Waals surface area contributed by atoms with E-state index in [4.69, 9.17) is 0 Å². The second-order valence-corrected chi connectivity index (χ2v) is 9.28. The SMILES string of the molecule is CCCCS(=O)(=O)N1CCc2ccc(NC(=O)NC3CCCCC3)cc21. The minimum Gasteiger partial charge on any atom is -0.335 e. The standard InChI is InChI=1S/C19H29N3O3S/c1-2-3-13-26(24,25)22-12-11-15-9-10-17(14-18(15)22)21-19(23)20-16-7-5-4-6-8-16/h9-10,14,16H,2-8,11-13H2,1H3,(H2,20,21,23). The molecule has 7 heteroatoms. The summed E-state index contributed by atoms with van der Waals surface area (Å²) >= 11 is 0. The van der Waals surface area contributed by atoms with Crippen LogP contribution in [-0.2, 0) is 16.4 Å². The number of hydrogen-bond donors (Lipinski definition) is 2. The Bertz CT molecular complexity index is 742. The van der Waals surface area contributed by atoms with Crippen LogP contribution in [-0.4, -0.2) is 32.8 Å². The number of carbonyl (C=O) groups is 1. The van der Waals surface area contributed by atoms with Gasteiger partial charge < -0.3 is 10.6 Å². The number of carbonyl (C=O) groups excluding carboxylic acids is 1. The molecule has 0 unspecified atom stereocenters. The number of benzene rings is 1. The van der Waals surface area contributed by atoms with E-state index in [1.165, 1.54) is 10.7 Å². The monoisotopic (exact) mass is 379 g/mol. The molecule has 2 aliphatic rings. The molecule has 1 heterocycles. The molecule has 0 atom stereocenters. The third-order valence-electron chi connectivity index (χ3n) is 5.23. The first kappa shape index (κ1) is 19.0. The highest BCUT2D eigenvalue weighted by atomic mass is 32.2. The van der Waals surface area contributed by atoms with Crippen LogP contribution in [0.2, 0.25) is 0 Å². The Balaban J connectivity index is 1.68. The van der Waals surface area contributed by atoms with Crippen molar-refractivity contribution in [1.82, 2.24) is 5.32 Å². The van der Waals surface area contributed by atoms with Crippen molar-refractivity contribution in [2.24, 2.45) is 0 Å². The summed E-state index contributed by atoms with van der Waals surface area (Å²) in [7, 11) is -3.30. The quantitative estimate of drug-likeness (QED) is 0.792. The van der Waals surface area contributed by atoms with Gasteiger partial charge >= 0.3 is 6.03 Å². The van der Waals surface area contributed by atoms with E-state index in [1.807, 2.05) is 19.1 Å². The lowest BCUT2D eigenvalue weighted by molar-refractivity contribution is 0.244. The molecule has 1 aromatic rings. The molecule has 0 aromatic heterocycles. The second kappa shape index (κ2) is 8.29. The van der Waals surface area contributed by atoms with Gasteiger partial charge in [0.05, 0.1) is 11.4 Å². The summed E-state index contributed by atoms with van der Waals surface area (Å²) in [6.45, 7) is 2.47. The smallest absolute Gasteiger partial charge is 0.319 e. The number of hydrogen-bond acceptors (Lipinski definition) is 3. The van der Waals surface area contributed by atoms with Crippen LogP contribution in [0.15, 0.2) is 18.2 Å². The number of rotatable bonds is 6. The molecule has 1 fully saturated rings. The van der Waals surface area contributed by atoms with Crippen LogP contribution < -0.4 is 14.9 Å². The lowest BCUT2D eigenvalue weighted by atomic mass is 9.96. The molecule has 0 bridgehead atoms. The molecule has 2 amide bonds. The fraction of sp³-hybridized carbons (Fsp3) is 0.632. The van der Waals surface area contributed by atoms with E-state index in [9.17, 15) is 13.2 Å². The van der Waals surface area contributed by atoms with Gasteiger partial charge in [0.25, 0.3) is 0 Å². The fourth-order valence-corrected chi connectivity index (χ4v) is 5.47. The van der Waals surface area contributed by atoms with Gasteiger partial charge in [0, 0.05) is 18.3 Å². The number of anilines is 2. The zero-order valence-corrected chi connectivity index (χ0v) is 16.3. The van der Waals surface area contributed by atoms with Gasteiger partial charge in [-0.1, -0.05) is 38.7 Å². The zero-order chi connectivity index (χ0) is 18.6. The van der Waals surface area contributed by atoms with E-state index in [2.05, 4.69) is 10.6 Å². The summed E-state index contributed by atoms with van der Waals surface area (Å²) in [5.41, 5.74) is 2.36. The van der Waals surface area contributed by atoms with E-state index < -0.39 is 10.0 Å². The van der Waals surface area contributed by atoms with Crippen LogP contribution >= 0.6 is 0 Å². The molecule has 1 saturated carbocycles. The molecule has 0 spiro atoms. The average molecular weight is 380 g/mol. The number of amides is 2. The summed E-state index contributed by atoms with van der Waals surface area (Å²) < 4.78 is 26.7. The maximum absolute atomic E-state index is 12.6. The van der Waals surface area contributed by atoms with Crippen LogP contribution in [0.4, 0.5) is 16.2 Å². The summed E-state index contributed by atoms with van der Waals surface area (Å²) in [6, 6.07) is 5.58. The number of urea groups is 1. The van der Waals surface area contributed by atoms with Crippen LogP contribution in [0.3, 0.4) is 0 Å². The Labute approximate surface area is 156 Å². The Morgan fingerprint density at radius 1 is 1.23 bits per heavy atom. The molecule has 0 saturated heterocycles. The molecule has 0 radical (unpaired) electrons. The third-order valence-corrected chi connectivity index (χ3v) is 7.08. The topological polar surface area (TPSA) is 78.5 Å². The van der Waals surface area contributed by atoms with Crippen molar-refractivity contribution in [3.63, 3.8) is 0 Å². The van der Waals surface area contributed by atoms with Crippen LogP contribution in [0.5, 0.6) is 0 Å². The summed E-state index contributed by atoms with van der Waals surface area (Å²) in [5.74, 6) is 0.169. The van der Waals surface area contributed by atoms with Gasteiger partial charge in [0.15, 0.2) is 0 Å². The first-order valence-electron chi connectivity index (χ1n) is 9.70. The number of nitrogens with zero attached hydrogens (tertiary/aromatic N) is 1. The van der Waals surface area contributed by atoms with Crippen LogP contribution in [0.25, 0.3) is 0 Å². The van der Waals surface area contributed by atoms with E-state index in [-0.39, 0.29) is 17.8 Å². The number of nitrogens with one attached hydrogen (secondary N) is 2. The molecule has 1 aliphatic carbocycles. The largest absolute Gasteiger partial charge is 0.335 e. The van der Waals surface area contributed by atoms with Gasteiger partial charge in [-0.15, -0.1) is 0 Å². The van der Waals surface area contributed by atoms with Gasteiger partial charge in [-0.3, -0.25) is 4.31 Å². The fourth-order valence-electron chi connectivity index (χ4n) is 3.75. The Hall–Kier alpha value is -1.76. The minimum absolute atomic E-state index is 0.169. The van der Waals surface area contributed by atoms with Crippen molar-refractivity contribution >= 4 is 27.4 Å². The summed E-state index contributed by atoms with van der Waals surface area (Å²) in [6.07, 6.45) is 7.85. The first-order chi connectivity index (χ1) is 12.5. The van der Waals surface area contributed by atoms with Gasteiger partial charge in [-0.25, -0.2) is 13.2 Å². The number of fused-ring (bicyclic) bond motifs is 1. The highest BCUT2D eigenvalue weighted by molar-refractivity contribution is 7.92. The highest BCUT2D eigenvalue weighted by Crippen LogP contribution is 2.33. The molecular weight excluding hydrogens is 350 g/mol. The minimum atomic E-state index is -3.30. The number of sulfonamides is 1. The van der Waals surface area contributed by atoms with Crippen molar-refractivity contribution in [3.8, 4) is 0 Å². The summed E-state index contributed by atoms with van der Waals surface area (Å²) in [5, 5.41) is 5.89. The molecule has 6 nitrogen and oxygen atoms in total. The van der Waals surface area contributed by atoms with E-state index >= 15 is 0 Å². The molecular formula is C19H29N3O3S. The Morgan fingerprint density at radius 2 is 2.00 bits per heavy atom. The van der Waals surface area contributed by atoms with Crippen LogP contribution in [0.1, 0.15) is 57.4 Å². The van der Waals surface area contributed by atoms with Crippen molar-refractivity contribution in [3.05, 3.63) is 23.8 Å². The third kappa shape index (κ3) is 4.50. The maximum atomic E-state index is 12.6. The molecule has 144 valence electrons. The van der Waals surface area contributed by atoms with E-state index in [1.54, 1.807) is 6.07 Å². The van der Waals surface area contributed by atoms with Crippen LogP contribution in [0, 0.1) is 0 Å². The van der Waals surface area contributed by atoms with Gasteiger partial charge in [-0.05, 0) is 43.4 Å². The second-order valence-electron chi connectivity index (χ2n) is 7.27. The van der Waals surface area contributed by atoms with Gasteiger partial charge in [0.1, 0.15) is 0 Å². The lowest BCUT2D eigenvalue weighted by Crippen LogP contribution is -2.39. The summed E-state index contributed by atoms with van der Waals surface area (Å²) in [4.78, 5) is 12.2. The first-order valence-corrected chi connectivity index (χ1v) is 11.3. The molecule has 1 aromatic carbocycles. The maximum Gasteiger partial charge on any atom is 0.319 e. The lowest BCUT2D eigenvalue weighted by Gasteiger charge is -2.23. The predicted molar refractivity (Wildman–Crippen MR) is 105 cm³/mol. The molecule has 1 aliphatic heterocycles. The van der Waals surface area contributed by atoms with Crippen molar-refractivity contribution in [2.45, 2.75) is 64.3 Å². The Kier molecular flexibility index (Phi) is 6.06. The molecule has 26 heavy (non-hydrogen) atoms. The highest BCUT2D eigenvalue weighted by Gasteiger charge is 2.29. The van der Waals surface area contributed by atoms with Crippen molar-refractivity contribution in [1.29, 1.82) is 0 Å². The van der Waals surface area contributed by atoms with E-state index in [0.29, 0.717) is 24.3 Å². The van der Waals surface area contributed by atoms with Crippen molar-refractivity contribution in [2.75, 3.05) is 21.9 Å². The number of unbranched alkanes of at least 4 members (excludes halogenated alkanes) is 1. The predicted octanol–water partition coefficient (Wildman–Crippen LogP) is 3.63. The Morgan fingerprint density at radius 3 is 2.73 bits per heavy atom. The molecule has 2 N–H and O–H groups in total. The van der Waals surface area contributed by atoms with Gasteiger partial charge in [-0.2, -0.15) is 0 Å². The van der Waals surface area contributed by atoms with Gasteiger partial charge in [0.2, 0.25) is 10.0 Å². The normalized spacial score (nSPS) is 17.8. The van der Waals surface area contributed by atoms with Crippen molar-refractivity contribution < 1.29 is 13.2 Å². The zero-order valence-electron chi connectivity index (χ0n) is 15.5. The average Bonchev–Trinajstić information content (AvgIpc) is 3.05. The van der Waals surface area contributed by atoms with E-state index in [0.717, 1.165) is 44.1 Å². The molecule has 3 rings (SSSR count).